The minimum absolute atomic E-state index is 0.0417. The molecule has 0 aromatic heterocycles. The Morgan fingerprint density at radius 3 is 2.03 bits per heavy atom. The van der Waals surface area contributed by atoms with Crippen LogP contribution in [0, 0.1) is 11.3 Å². The second-order valence-electron chi connectivity index (χ2n) is 6.79. The second kappa shape index (κ2) is 13.4. The van der Waals surface area contributed by atoms with Crippen molar-refractivity contribution in [2.75, 3.05) is 0 Å². The molecule has 2 aromatic rings. The van der Waals surface area contributed by atoms with Crippen LogP contribution in [-0.4, -0.2) is 60.0 Å². The lowest BCUT2D eigenvalue weighted by molar-refractivity contribution is -0.139. The van der Waals surface area contributed by atoms with Crippen LogP contribution in [0.5, 0.6) is 11.5 Å². The number of carboxylic acids is 2. The van der Waals surface area contributed by atoms with Gasteiger partial charge in [-0.25, -0.2) is 4.79 Å². The molecule has 9 nitrogen and oxygen atoms in total. The van der Waals surface area contributed by atoms with Gasteiger partial charge in [0.2, 0.25) is 0 Å². The van der Waals surface area contributed by atoms with Gasteiger partial charge in [-0.15, -0.1) is 11.8 Å². The van der Waals surface area contributed by atoms with Crippen LogP contribution in [0.25, 0.3) is 0 Å². The molecule has 1 aliphatic heterocycles. The molecule has 0 radical (unpaired) electrons. The summed E-state index contributed by atoms with van der Waals surface area (Å²) in [5.74, 6) is -1.76. The smallest absolute Gasteiger partial charge is 0.329 e. The monoisotopic (exact) mass is 491 g/mol. The van der Waals surface area contributed by atoms with Gasteiger partial charge < -0.3 is 26.2 Å². The number of thioether (sulfide) groups is 1. The van der Waals surface area contributed by atoms with Crippen molar-refractivity contribution in [1.82, 2.24) is 0 Å². The van der Waals surface area contributed by atoms with Crippen molar-refractivity contribution in [3.63, 3.8) is 0 Å². The number of aliphatic imine (C=N–C) groups is 1. The van der Waals surface area contributed by atoms with Gasteiger partial charge in [-0.3, -0.25) is 9.79 Å². The number of phenolic OH excluding ortho intramolecular Hbond substituents is 2. The maximum Gasteiger partial charge on any atom is 0.329 e. The van der Waals surface area contributed by atoms with Gasteiger partial charge in [0.1, 0.15) is 28.7 Å². The molecular formula is C22H25N3O6S2. The van der Waals surface area contributed by atoms with E-state index in [0.717, 1.165) is 0 Å². The number of aliphatic carboxylic acids is 2. The van der Waals surface area contributed by atoms with E-state index >= 15 is 0 Å². The Morgan fingerprint density at radius 2 is 1.67 bits per heavy atom. The molecule has 6 N–H and O–H groups in total. The van der Waals surface area contributed by atoms with Gasteiger partial charge in [-0.1, -0.05) is 38.1 Å². The lowest BCUT2D eigenvalue weighted by Crippen LogP contribution is -2.37. The minimum Gasteiger partial charge on any atom is -0.507 e. The van der Waals surface area contributed by atoms with Crippen LogP contribution in [0.1, 0.15) is 25.0 Å². The first-order chi connectivity index (χ1) is 15.5. The highest BCUT2D eigenvalue weighted by molar-refractivity contribution is 8.15. The zero-order chi connectivity index (χ0) is 25.1. The summed E-state index contributed by atoms with van der Waals surface area (Å²) < 4.78 is 0. The van der Waals surface area contributed by atoms with E-state index in [2.05, 4.69) is 17.6 Å². The number of phenols is 2. The van der Waals surface area contributed by atoms with E-state index in [0.29, 0.717) is 16.2 Å². The summed E-state index contributed by atoms with van der Waals surface area (Å²) in [6.07, 6.45) is 0. The first-order valence-electron chi connectivity index (χ1n) is 9.59. The number of carboxylic acid groups (broad SMARTS) is 2. The van der Waals surface area contributed by atoms with Crippen LogP contribution in [0.2, 0.25) is 0 Å². The van der Waals surface area contributed by atoms with Crippen LogP contribution in [0.15, 0.2) is 53.5 Å². The topological polar surface area (TPSA) is 177 Å². The Bertz CT molecular complexity index is 1040. The van der Waals surface area contributed by atoms with E-state index < -0.39 is 24.0 Å². The van der Waals surface area contributed by atoms with Crippen LogP contribution < -0.4 is 5.73 Å². The Labute approximate surface area is 201 Å². The standard InChI is InChI=1S/C11H11NO3S.C7H5NO.C4H9NO2S/c1-6-9(11(14)15)12-10(16-6)7-4-2-3-5-8(7)13;8-5-6-3-1-2-4-7(6)9;1-2(8)3(5)4(6)7/h2-6,9,13H,1H3,(H,14,15);1-4,9H;2-3,8H,5H2,1H3,(H,6,7)/t6-,9-;;2-,3-/m0.0/s1. The summed E-state index contributed by atoms with van der Waals surface area (Å²) in [5.41, 5.74) is 6.00. The third-order valence-electron chi connectivity index (χ3n) is 4.22. The maximum atomic E-state index is 10.9. The number of carbonyl (C=O) groups is 2. The highest BCUT2D eigenvalue weighted by Crippen LogP contribution is 2.33. The van der Waals surface area contributed by atoms with Crippen LogP contribution >= 0.6 is 24.4 Å². The van der Waals surface area contributed by atoms with Crippen LogP contribution in [-0.2, 0) is 9.59 Å². The third-order valence-corrected chi connectivity index (χ3v) is 5.71. The first-order valence-corrected chi connectivity index (χ1v) is 11.0. The van der Waals surface area contributed by atoms with Gasteiger partial charge in [0, 0.05) is 16.1 Å². The molecule has 0 aliphatic carbocycles. The normalized spacial score (nSPS) is 18.2. The van der Waals surface area contributed by atoms with Crippen molar-refractivity contribution >= 4 is 41.4 Å². The molecular weight excluding hydrogens is 466 g/mol. The summed E-state index contributed by atoms with van der Waals surface area (Å²) >= 11 is 5.20. The van der Waals surface area contributed by atoms with E-state index in [-0.39, 0.29) is 22.0 Å². The molecule has 176 valence electrons. The van der Waals surface area contributed by atoms with Gasteiger partial charge >= 0.3 is 11.9 Å². The Balaban J connectivity index is 0.000000273. The Morgan fingerprint density at radius 1 is 1.12 bits per heavy atom. The molecule has 4 atom stereocenters. The number of nitriles is 1. The fraction of sp³-hybridized carbons (Fsp3) is 0.273. The molecule has 0 amide bonds. The first kappa shape index (κ1) is 27.8. The van der Waals surface area contributed by atoms with E-state index in [4.69, 9.17) is 26.3 Å². The number of hydrogen-bond donors (Lipinski definition) is 6. The largest absolute Gasteiger partial charge is 0.507 e. The van der Waals surface area contributed by atoms with Crippen molar-refractivity contribution in [1.29, 1.82) is 5.26 Å². The van der Waals surface area contributed by atoms with Crippen molar-refractivity contribution < 1.29 is 30.0 Å². The number of hydrogen-bond acceptors (Lipinski definition) is 9. The predicted molar refractivity (Wildman–Crippen MR) is 130 cm³/mol. The van der Waals surface area contributed by atoms with Gasteiger partial charge in [0.25, 0.3) is 0 Å². The molecule has 0 unspecified atom stereocenters. The van der Waals surface area contributed by atoms with Gasteiger partial charge in [0.05, 0.1) is 5.56 Å². The SMILES string of the molecule is C[C@@H]1SC(c2ccccc2O)=N[C@@H]1C(=O)O.C[C@H](S)[C@H](N)C(=O)O.N#Cc1ccccc1O. The molecule has 0 saturated heterocycles. The molecule has 0 bridgehead atoms. The van der Waals surface area contributed by atoms with E-state index in [1.54, 1.807) is 49.4 Å². The lowest BCUT2D eigenvalue weighted by Gasteiger charge is -2.07. The lowest BCUT2D eigenvalue weighted by atomic mass is 10.2. The number of thiol groups is 1. The summed E-state index contributed by atoms with van der Waals surface area (Å²) in [6.45, 7) is 3.46. The Hall–Kier alpha value is -3.20. The summed E-state index contributed by atoms with van der Waals surface area (Å²) in [4.78, 5) is 25.0. The fourth-order valence-corrected chi connectivity index (χ4v) is 3.58. The molecule has 0 fully saturated rings. The maximum absolute atomic E-state index is 10.9. The molecule has 0 spiro atoms. The average molecular weight is 492 g/mol. The molecule has 0 saturated carbocycles. The third kappa shape index (κ3) is 8.69. The van der Waals surface area contributed by atoms with E-state index in [9.17, 15) is 14.7 Å². The minimum atomic E-state index is -1.01. The quantitative estimate of drug-likeness (QED) is 0.351. The molecule has 33 heavy (non-hydrogen) atoms. The average Bonchev–Trinajstić information content (AvgIpc) is 3.16. The summed E-state index contributed by atoms with van der Waals surface area (Å²) in [6, 6.07) is 13.5. The molecule has 11 heteroatoms. The van der Waals surface area contributed by atoms with Crippen LogP contribution in [0.4, 0.5) is 0 Å². The zero-order valence-electron chi connectivity index (χ0n) is 17.9. The van der Waals surface area contributed by atoms with Crippen molar-refractivity contribution in [3.05, 3.63) is 59.7 Å². The predicted octanol–water partition coefficient (Wildman–Crippen LogP) is 2.71. The number of para-hydroxylation sites is 2. The summed E-state index contributed by atoms with van der Waals surface area (Å²) in [5, 5.41) is 44.2. The van der Waals surface area contributed by atoms with Crippen molar-refractivity contribution in [3.8, 4) is 17.6 Å². The summed E-state index contributed by atoms with van der Waals surface area (Å²) in [7, 11) is 0. The molecule has 1 heterocycles. The highest BCUT2D eigenvalue weighted by atomic mass is 32.2. The zero-order valence-corrected chi connectivity index (χ0v) is 19.6. The number of nitrogens with zero attached hydrogens (tertiary/aromatic N) is 2. The Kier molecular flexibility index (Phi) is 11.3. The second-order valence-corrected chi connectivity index (χ2v) is 8.97. The van der Waals surface area contributed by atoms with Gasteiger partial charge in [-0.05, 0) is 24.3 Å². The van der Waals surface area contributed by atoms with Crippen molar-refractivity contribution in [2.24, 2.45) is 10.7 Å². The van der Waals surface area contributed by atoms with Gasteiger partial charge in [-0.2, -0.15) is 17.9 Å². The molecule has 1 aliphatic rings. The number of benzene rings is 2. The fourth-order valence-electron chi connectivity index (χ4n) is 2.32. The van der Waals surface area contributed by atoms with Crippen molar-refractivity contribution in [2.45, 2.75) is 36.4 Å². The van der Waals surface area contributed by atoms with Gasteiger partial charge in [0.15, 0.2) is 6.04 Å². The van der Waals surface area contributed by atoms with Crippen LogP contribution in [0.3, 0.4) is 0 Å². The number of nitrogens with two attached hydrogens (primary N) is 1. The highest BCUT2D eigenvalue weighted by Gasteiger charge is 2.33. The molecule has 3 rings (SSSR count). The van der Waals surface area contributed by atoms with E-state index in [1.807, 2.05) is 13.0 Å². The molecule has 2 aromatic carbocycles. The number of aromatic hydroxyl groups is 2. The van der Waals surface area contributed by atoms with E-state index in [1.165, 1.54) is 17.8 Å². The number of rotatable bonds is 4.